The molecule has 0 aliphatic carbocycles. The van der Waals surface area contributed by atoms with Gasteiger partial charge in [0, 0.05) is 29.1 Å². The Morgan fingerprint density at radius 1 is 1.11 bits per heavy atom. The summed E-state index contributed by atoms with van der Waals surface area (Å²) in [6, 6.07) is 12.6. The van der Waals surface area contributed by atoms with Crippen LogP contribution in [-0.4, -0.2) is 26.6 Å². The summed E-state index contributed by atoms with van der Waals surface area (Å²) >= 11 is 1.64. The maximum absolute atomic E-state index is 6.05. The van der Waals surface area contributed by atoms with Gasteiger partial charge in [-0.2, -0.15) is 11.3 Å². The van der Waals surface area contributed by atoms with Gasteiger partial charge in [-0.05, 0) is 48.5 Å². The van der Waals surface area contributed by atoms with E-state index in [0.717, 1.165) is 36.5 Å². The van der Waals surface area contributed by atoms with E-state index in [9.17, 15) is 0 Å². The van der Waals surface area contributed by atoms with Crippen molar-refractivity contribution in [2.75, 3.05) is 6.54 Å². The highest BCUT2D eigenvalue weighted by Gasteiger charge is 2.29. The molecule has 0 radical (unpaired) electrons. The van der Waals surface area contributed by atoms with Crippen molar-refractivity contribution in [2.45, 2.75) is 31.8 Å². The summed E-state index contributed by atoms with van der Waals surface area (Å²) in [5.41, 5.74) is 3.34. The molecular formula is C21H20N4OS. The Kier molecular flexibility index (Phi) is 4.43. The standard InChI is InChI=1S/C21H20N4OS/c1-2-6-18-17(5-1)15(8-10-22-18)13-25-11-4-3-7-19(25)21-24-23-20(26-21)16-9-12-27-14-16/h1-2,5-6,8-10,12,14,19H,3-4,7,11,13H2/t19-/m0/s1. The Balaban J connectivity index is 1.44. The highest BCUT2D eigenvalue weighted by atomic mass is 32.1. The fourth-order valence-electron chi connectivity index (χ4n) is 3.84. The second kappa shape index (κ2) is 7.21. The van der Waals surface area contributed by atoms with Gasteiger partial charge in [0.25, 0.3) is 0 Å². The highest BCUT2D eigenvalue weighted by Crippen LogP contribution is 2.34. The first kappa shape index (κ1) is 16.6. The Morgan fingerprint density at radius 3 is 3.00 bits per heavy atom. The molecule has 1 fully saturated rings. The van der Waals surface area contributed by atoms with Crippen LogP contribution in [0, 0.1) is 0 Å². The number of para-hydroxylation sites is 1. The average molecular weight is 376 g/mol. The SMILES string of the molecule is c1ccc2c(CN3CCCC[C@H]3c3nnc(-c4ccsc4)o3)ccnc2c1. The zero-order valence-corrected chi connectivity index (χ0v) is 15.7. The number of piperidine rings is 1. The summed E-state index contributed by atoms with van der Waals surface area (Å²) < 4.78 is 6.05. The molecule has 0 amide bonds. The van der Waals surface area contributed by atoms with E-state index in [2.05, 4.69) is 44.3 Å². The van der Waals surface area contributed by atoms with Crippen LogP contribution >= 0.6 is 11.3 Å². The number of rotatable bonds is 4. The van der Waals surface area contributed by atoms with Crippen molar-refractivity contribution in [1.82, 2.24) is 20.1 Å². The van der Waals surface area contributed by atoms with E-state index in [4.69, 9.17) is 4.42 Å². The smallest absolute Gasteiger partial charge is 0.248 e. The van der Waals surface area contributed by atoms with Gasteiger partial charge in [-0.15, -0.1) is 10.2 Å². The third-order valence-corrected chi connectivity index (χ3v) is 5.90. The van der Waals surface area contributed by atoms with E-state index in [1.54, 1.807) is 11.3 Å². The number of hydrogen-bond donors (Lipinski definition) is 0. The van der Waals surface area contributed by atoms with Crippen molar-refractivity contribution >= 4 is 22.2 Å². The predicted molar refractivity (Wildman–Crippen MR) is 106 cm³/mol. The van der Waals surface area contributed by atoms with Crippen molar-refractivity contribution in [3.8, 4) is 11.5 Å². The molecule has 1 aromatic carbocycles. The molecule has 0 bridgehead atoms. The summed E-state index contributed by atoms with van der Waals surface area (Å²) in [4.78, 5) is 6.95. The van der Waals surface area contributed by atoms with Crippen molar-refractivity contribution in [3.05, 3.63) is 64.8 Å². The molecule has 136 valence electrons. The highest BCUT2D eigenvalue weighted by molar-refractivity contribution is 7.08. The second-order valence-corrected chi connectivity index (χ2v) is 7.71. The summed E-state index contributed by atoms with van der Waals surface area (Å²) in [5, 5.41) is 13.9. The van der Waals surface area contributed by atoms with Crippen molar-refractivity contribution in [1.29, 1.82) is 0 Å². The van der Waals surface area contributed by atoms with Crippen molar-refractivity contribution in [3.63, 3.8) is 0 Å². The molecule has 4 aromatic rings. The number of aromatic nitrogens is 3. The van der Waals surface area contributed by atoms with Gasteiger partial charge < -0.3 is 4.42 Å². The minimum atomic E-state index is 0.172. The van der Waals surface area contributed by atoms with Crippen LogP contribution in [0.3, 0.4) is 0 Å². The Bertz CT molecular complexity index is 1040. The van der Waals surface area contributed by atoms with Gasteiger partial charge in [-0.25, -0.2) is 0 Å². The first-order chi connectivity index (χ1) is 13.4. The molecule has 3 aromatic heterocycles. The quantitative estimate of drug-likeness (QED) is 0.497. The Morgan fingerprint density at radius 2 is 2.07 bits per heavy atom. The molecule has 1 saturated heterocycles. The van der Waals surface area contributed by atoms with Gasteiger partial charge in [0.2, 0.25) is 11.8 Å². The molecule has 0 saturated carbocycles. The second-order valence-electron chi connectivity index (χ2n) is 6.93. The van der Waals surface area contributed by atoms with E-state index < -0.39 is 0 Å². The minimum absolute atomic E-state index is 0.172. The summed E-state index contributed by atoms with van der Waals surface area (Å²) in [6.45, 7) is 1.90. The third-order valence-electron chi connectivity index (χ3n) is 5.22. The third kappa shape index (κ3) is 3.26. The number of benzene rings is 1. The molecule has 5 rings (SSSR count). The van der Waals surface area contributed by atoms with E-state index in [1.807, 2.05) is 29.1 Å². The topological polar surface area (TPSA) is 55.1 Å². The molecule has 27 heavy (non-hydrogen) atoms. The molecule has 0 N–H and O–H groups in total. The molecule has 1 aliphatic rings. The van der Waals surface area contributed by atoms with Crippen molar-refractivity contribution in [2.24, 2.45) is 0 Å². The van der Waals surface area contributed by atoms with Gasteiger partial charge in [-0.1, -0.05) is 24.6 Å². The van der Waals surface area contributed by atoms with Crippen LogP contribution in [0.1, 0.15) is 36.8 Å². The van der Waals surface area contributed by atoms with Crippen LogP contribution in [0.25, 0.3) is 22.4 Å². The van der Waals surface area contributed by atoms with E-state index in [-0.39, 0.29) is 6.04 Å². The summed E-state index contributed by atoms with van der Waals surface area (Å²) in [7, 11) is 0. The van der Waals surface area contributed by atoms with Crippen LogP contribution in [0.5, 0.6) is 0 Å². The number of hydrogen-bond acceptors (Lipinski definition) is 6. The summed E-state index contributed by atoms with van der Waals surface area (Å²) in [6.07, 6.45) is 5.34. The number of fused-ring (bicyclic) bond motifs is 1. The van der Waals surface area contributed by atoms with Gasteiger partial charge >= 0.3 is 0 Å². The first-order valence-corrected chi connectivity index (χ1v) is 10.3. The molecule has 6 heteroatoms. The van der Waals surface area contributed by atoms with E-state index in [0.29, 0.717) is 5.89 Å². The molecule has 4 heterocycles. The Labute approximate surface area is 161 Å². The first-order valence-electron chi connectivity index (χ1n) is 9.31. The number of nitrogens with zero attached hydrogens (tertiary/aromatic N) is 4. The van der Waals surface area contributed by atoms with Crippen LogP contribution < -0.4 is 0 Å². The number of likely N-dealkylation sites (tertiary alicyclic amines) is 1. The average Bonchev–Trinajstić information content (AvgIpc) is 3.41. The molecule has 0 spiro atoms. The molecular weight excluding hydrogens is 356 g/mol. The normalized spacial score (nSPS) is 18.1. The van der Waals surface area contributed by atoms with Gasteiger partial charge in [0.15, 0.2) is 0 Å². The molecule has 1 aliphatic heterocycles. The van der Waals surface area contributed by atoms with Gasteiger partial charge in [0.05, 0.1) is 11.6 Å². The van der Waals surface area contributed by atoms with Crippen LogP contribution in [0.2, 0.25) is 0 Å². The number of pyridine rings is 1. The van der Waals surface area contributed by atoms with Gasteiger partial charge in [0.1, 0.15) is 0 Å². The zero-order valence-electron chi connectivity index (χ0n) is 14.9. The van der Waals surface area contributed by atoms with Crippen LogP contribution in [-0.2, 0) is 6.54 Å². The van der Waals surface area contributed by atoms with Crippen LogP contribution in [0.15, 0.2) is 57.8 Å². The lowest BCUT2D eigenvalue weighted by atomic mass is 10.00. The van der Waals surface area contributed by atoms with Gasteiger partial charge in [-0.3, -0.25) is 9.88 Å². The maximum atomic E-state index is 6.05. The molecule has 5 nitrogen and oxygen atoms in total. The minimum Gasteiger partial charge on any atom is -0.419 e. The predicted octanol–water partition coefficient (Wildman–Crippen LogP) is 5.07. The lowest BCUT2D eigenvalue weighted by Gasteiger charge is -2.33. The largest absolute Gasteiger partial charge is 0.419 e. The molecule has 0 unspecified atom stereocenters. The maximum Gasteiger partial charge on any atom is 0.248 e. The Hall–Kier alpha value is -2.57. The van der Waals surface area contributed by atoms with Crippen LogP contribution in [0.4, 0.5) is 0 Å². The summed E-state index contributed by atoms with van der Waals surface area (Å²) in [5.74, 6) is 1.35. The lowest BCUT2D eigenvalue weighted by molar-refractivity contribution is 0.119. The fourth-order valence-corrected chi connectivity index (χ4v) is 4.47. The molecule has 1 atom stereocenters. The van der Waals surface area contributed by atoms with Crippen molar-refractivity contribution < 1.29 is 4.42 Å². The lowest BCUT2D eigenvalue weighted by Crippen LogP contribution is -2.33. The zero-order chi connectivity index (χ0) is 18.1. The fraction of sp³-hybridized carbons (Fsp3) is 0.286. The van der Waals surface area contributed by atoms with E-state index >= 15 is 0 Å². The monoisotopic (exact) mass is 376 g/mol. The van der Waals surface area contributed by atoms with E-state index in [1.165, 1.54) is 23.8 Å². The number of thiophene rings is 1.